The first-order chi connectivity index (χ1) is 8.77. The van der Waals surface area contributed by atoms with E-state index in [2.05, 4.69) is 10.9 Å². The number of aromatic amines is 1. The Labute approximate surface area is 113 Å². The number of nitrogens with one attached hydrogen (secondary N) is 1. The fourth-order valence-electron chi connectivity index (χ4n) is 1.91. The summed E-state index contributed by atoms with van der Waals surface area (Å²) in [7, 11) is -0.661. The molecule has 0 atom stereocenters. The highest BCUT2D eigenvalue weighted by Crippen LogP contribution is 2.36. The first-order valence-electron chi connectivity index (χ1n) is 6.27. The molecule has 0 spiro atoms. The van der Waals surface area contributed by atoms with E-state index >= 15 is 0 Å². The van der Waals surface area contributed by atoms with Crippen LogP contribution in [-0.4, -0.2) is 23.3 Å². The van der Waals surface area contributed by atoms with Crippen LogP contribution in [0, 0.1) is 12.3 Å². The zero-order valence-corrected chi connectivity index (χ0v) is 11.7. The second-order valence-electron chi connectivity index (χ2n) is 5.76. The minimum atomic E-state index is -0.661. The Balaban J connectivity index is 2.37. The molecule has 0 bridgehead atoms. The van der Waals surface area contributed by atoms with Crippen LogP contribution < -0.4 is 11.0 Å². The Morgan fingerprint density at radius 1 is 1.32 bits per heavy atom. The van der Waals surface area contributed by atoms with Crippen LogP contribution in [0.25, 0.3) is 0 Å². The summed E-state index contributed by atoms with van der Waals surface area (Å²) < 4.78 is 11.7. The number of hydrogen-bond acceptors (Lipinski definition) is 3. The first-order valence-corrected chi connectivity index (χ1v) is 6.27. The molecule has 4 nitrogen and oxygen atoms in total. The molecule has 1 aliphatic rings. The molecule has 1 aromatic heterocycles. The summed E-state index contributed by atoms with van der Waals surface area (Å²) in [4.78, 5) is 14.6. The van der Waals surface area contributed by atoms with Crippen molar-refractivity contribution in [3.05, 3.63) is 28.2 Å². The summed E-state index contributed by atoms with van der Waals surface area (Å²) in [5.74, 6) is 2.55. The molecule has 5 heteroatoms. The predicted octanol–water partition coefficient (Wildman–Crippen LogP) is 0.850. The molecule has 0 radical (unpaired) electrons. The second kappa shape index (κ2) is 4.55. The largest absolute Gasteiger partial charge is 0.500 e. The fourth-order valence-corrected chi connectivity index (χ4v) is 1.91. The average Bonchev–Trinajstić information content (AvgIpc) is 2.51. The molecular formula is C14H18BNO3. The van der Waals surface area contributed by atoms with Gasteiger partial charge < -0.3 is 14.3 Å². The second-order valence-corrected chi connectivity index (χ2v) is 5.76. The van der Waals surface area contributed by atoms with Gasteiger partial charge in [0.05, 0.1) is 11.2 Å². The van der Waals surface area contributed by atoms with Crippen LogP contribution in [-0.2, 0) is 15.7 Å². The Morgan fingerprint density at radius 3 is 2.42 bits per heavy atom. The van der Waals surface area contributed by atoms with Gasteiger partial charge in [-0.1, -0.05) is 6.07 Å². The Morgan fingerprint density at radius 2 is 1.89 bits per heavy atom. The van der Waals surface area contributed by atoms with E-state index in [0.29, 0.717) is 11.9 Å². The van der Waals surface area contributed by atoms with Crippen LogP contribution in [0.4, 0.5) is 0 Å². The van der Waals surface area contributed by atoms with Gasteiger partial charge in [-0.25, -0.2) is 0 Å². The normalized spacial score (nSPS) is 20.3. The standard InChI is InChI=1S/C14H18BNO3/c1-6-7-10-8-11(12(17)16-9-10)15-18-13(2,3)14(4,5)19-15/h1,8-9H,7H2,2-5H3,(H,16,17). The molecule has 0 unspecified atom stereocenters. The molecule has 2 rings (SSSR count). The van der Waals surface area contributed by atoms with Gasteiger partial charge in [0, 0.05) is 18.1 Å². The summed E-state index contributed by atoms with van der Waals surface area (Å²) in [6, 6.07) is 1.75. The molecule has 1 aliphatic heterocycles. The van der Waals surface area contributed by atoms with Gasteiger partial charge in [-0.3, -0.25) is 4.79 Å². The van der Waals surface area contributed by atoms with E-state index < -0.39 is 18.3 Å². The molecular weight excluding hydrogens is 241 g/mol. The van der Waals surface area contributed by atoms with Gasteiger partial charge in [-0.2, -0.15) is 0 Å². The van der Waals surface area contributed by atoms with E-state index in [9.17, 15) is 4.79 Å². The quantitative estimate of drug-likeness (QED) is 0.632. The third-order valence-corrected chi connectivity index (χ3v) is 3.81. The molecule has 0 amide bonds. The van der Waals surface area contributed by atoms with Gasteiger partial charge in [0.1, 0.15) is 0 Å². The van der Waals surface area contributed by atoms with Crippen molar-refractivity contribution in [3.63, 3.8) is 0 Å². The smallest absolute Gasteiger partial charge is 0.399 e. The lowest BCUT2D eigenvalue weighted by Gasteiger charge is -2.32. The minimum absolute atomic E-state index is 0.209. The highest BCUT2D eigenvalue weighted by Gasteiger charge is 2.52. The number of terminal acetylenes is 1. The lowest BCUT2D eigenvalue weighted by molar-refractivity contribution is 0.00578. The van der Waals surface area contributed by atoms with E-state index in [4.69, 9.17) is 15.7 Å². The molecule has 0 aliphatic carbocycles. The Bertz CT molecular complexity index is 567. The summed E-state index contributed by atoms with van der Waals surface area (Å²) >= 11 is 0. The highest BCUT2D eigenvalue weighted by atomic mass is 16.7. The van der Waals surface area contributed by atoms with E-state index in [1.165, 1.54) is 0 Å². The number of hydrogen-bond donors (Lipinski definition) is 1. The SMILES string of the molecule is C#CCc1c[nH]c(=O)c(B2OC(C)(C)C(C)(C)O2)c1. The van der Waals surface area contributed by atoms with E-state index in [1.54, 1.807) is 12.3 Å². The molecule has 2 heterocycles. The van der Waals surface area contributed by atoms with Crippen molar-refractivity contribution in [1.82, 2.24) is 4.98 Å². The molecule has 100 valence electrons. The van der Waals surface area contributed by atoms with Gasteiger partial charge in [0.2, 0.25) is 5.56 Å². The van der Waals surface area contributed by atoms with E-state index in [-0.39, 0.29) is 5.56 Å². The number of rotatable bonds is 2. The lowest BCUT2D eigenvalue weighted by Crippen LogP contribution is -2.44. The van der Waals surface area contributed by atoms with Crippen molar-refractivity contribution in [1.29, 1.82) is 0 Å². The number of aromatic nitrogens is 1. The van der Waals surface area contributed by atoms with Gasteiger partial charge in [-0.15, -0.1) is 12.3 Å². The van der Waals surface area contributed by atoms with Crippen LogP contribution in [0.5, 0.6) is 0 Å². The van der Waals surface area contributed by atoms with Gasteiger partial charge >= 0.3 is 7.12 Å². The summed E-state index contributed by atoms with van der Waals surface area (Å²) in [6.45, 7) is 7.80. The molecule has 1 fully saturated rings. The van der Waals surface area contributed by atoms with Crippen molar-refractivity contribution < 1.29 is 9.31 Å². The van der Waals surface area contributed by atoms with Crippen LogP contribution in [0.1, 0.15) is 33.3 Å². The van der Waals surface area contributed by atoms with Crippen molar-refractivity contribution in [2.45, 2.75) is 45.3 Å². The van der Waals surface area contributed by atoms with Crippen molar-refractivity contribution in [2.75, 3.05) is 0 Å². The van der Waals surface area contributed by atoms with Gasteiger partial charge in [0.25, 0.3) is 0 Å². The third-order valence-electron chi connectivity index (χ3n) is 3.81. The number of pyridine rings is 1. The summed E-state index contributed by atoms with van der Waals surface area (Å²) in [5, 5.41) is 0. The van der Waals surface area contributed by atoms with Gasteiger partial charge in [-0.05, 0) is 33.3 Å². The maximum Gasteiger partial charge on any atom is 0.500 e. The Hall–Kier alpha value is -1.51. The third kappa shape index (κ3) is 2.47. The average molecular weight is 259 g/mol. The zero-order valence-electron chi connectivity index (χ0n) is 11.7. The van der Waals surface area contributed by atoms with Crippen molar-refractivity contribution in [3.8, 4) is 12.3 Å². The Kier molecular flexibility index (Phi) is 3.33. The van der Waals surface area contributed by atoms with Crippen LogP contribution in [0.2, 0.25) is 0 Å². The van der Waals surface area contributed by atoms with Crippen molar-refractivity contribution in [2.24, 2.45) is 0 Å². The molecule has 1 saturated heterocycles. The molecule has 1 N–H and O–H groups in total. The molecule has 0 aromatic carbocycles. The predicted molar refractivity (Wildman–Crippen MR) is 75.3 cm³/mol. The lowest BCUT2D eigenvalue weighted by atomic mass is 9.79. The minimum Gasteiger partial charge on any atom is -0.399 e. The maximum absolute atomic E-state index is 11.9. The van der Waals surface area contributed by atoms with Crippen LogP contribution in [0.3, 0.4) is 0 Å². The fraction of sp³-hybridized carbons (Fsp3) is 0.500. The molecule has 19 heavy (non-hydrogen) atoms. The topological polar surface area (TPSA) is 51.3 Å². The van der Waals surface area contributed by atoms with Gasteiger partial charge in [0.15, 0.2) is 0 Å². The molecule has 0 saturated carbocycles. The van der Waals surface area contributed by atoms with Crippen LogP contribution >= 0.6 is 0 Å². The first kappa shape index (κ1) is 13.9. The van der Waals surface area contributed by atoms with Crippen molar-refractivity contribution >= 4 is 12.6 Å². The van der Waals surface area contributed by atoms with Crippen LogP contribution in [0.15, 0.2) is 17.1 Å². The van der Waals surface area contributed by atoms with E-state index in [1.807, 2.05) is 27.7 Å². The molecule has 1 aromatic rings. The summed E-state index contributed by atoms with van der Waals surface area (Å²) in [5.41, 5.74) is 0.191. The number of H-pyrrole nitrogens is 1. The maximum atomic E-state index is 11.9. The highest BCUT2D eigenvalue weighted by molar-refractivity contribution is 6.61. The summed E-state index contributed by atoms with van der Waals surface area (Å²) in [6.07, 6.45) is 7.37. The monoisotopic (exact) mass is 259 g/mol. The zero-order chi connectivity index (χ0) is 14.3. The van der Waals surface area contributed by atoms with E-state index in [0.717, 1.165) is 5.56 Å².